The Kier molecular flexibility index (Phi) is 6.38. The number of methoxy groups -OCH3 is 1. The van der Waals surface area contributed by atoms with E-state index in [1.807, 2.05) is 24.3 Å². The van der Waals surface area contributed by atoms with Crippen LogP contribution in [0.5, 0.6) is 5.75 Å². The maximum Gasteiger partial charge on any atom is 0.238 e. The lowest BCUT2D eigenvalue weighted by Gasteiger charge is -2.08. The highest BCUT2D eigenvalue weighted by Crippen LogP contribution is 2.19. The number of ether oxygens (including phenoxy) is 1. The first-order chi connectivity index (χ1) is 11.1. The summed E-state index contributed by atoms with van der Waals surface area (Å²) in [6, 6.07) is 11.8. The number of benzene rings is 2. The monoisotopic (exact) mass is 336 g/mol. The Morgan fingerprint density at radius 2 is 1.96 bits per heavy atom. The molecule has 4 nitrogen and oxygen atoms in total. The zero-order chi connectivity index (χ0) is 16.7. The van der Waals surface area contributed by atoms with Crippen LogP contribution in [0.15, 0.2) is 42.5 Å². The Hall–Kier alpha value is -2.11. The largest absolute Gasteiger partial charge is 0.497 e. The molecule has 0 atom stereocenters. The average molecular weight is 337 g/mol. The molecular weight excluding hydrogens is 319 g/mol. The van der Waals surface area contributed by atoms with Gasteiger partial charge in [-0.3, -0.25) is 4.79 Å². The van der Waals surface area contributed by atoms with E-state index in [1.54, 1.807) is 7.11 Å². The Morgan fingerprint density at radius 3 is 2.61 bits per heavy atom. The third-order valence-electron chi connectivity index (χ3n) is 3.24. The van der Waals surface area contributed by atoms with Crippen molar-refractivity contribution in [3.8, 4) is 5.75 Å². The molecule has 0 aliphatic carbocycles. The fraction of sp³-hybridized carbons (Fsp3) is 0.235. The van der Waals surface area contributed by atoms with Gasteiger partial charge in [-0.1, -0.05) is 23.7 Å². The number of carbonyl (C=O) groups is 1. The van der Waals surface area contributed by atoms with Crippen molar-refractivity contribution in [1.29, 1.82) is 0 Å². The number of hydrogen-bond donors (Lipinski definition) is 2. The summed E-state index contributed by atoms with van der Waals surface area (Å²) >= 11 is 5.66. The van der Waals surface area contributed by atoms with E-state index in [0.29, 0.717) is 12.2 Å². The molecule has 23 heavy (non-hydrogen) atoms. The molecule has 0 saturated heterocycles. The molecule has 2 aromatic rings. The lowest BCUT2D eigenvalue weighted by atomic mass is 10.1. The van der Waals surface area contributed by atoms with E-state index in [-0.39, 0.29) is 17.5 Å². The van der Waals surface area contributed by atoms with E-state index in [4.69, 9.17) is 16.3 Å². The number of nitrogens with one attached hydrogen (secondary N) is 2. The number of anilines is 1. The molecule has 0 aliphatic heterocycles. The first-order valence-corrected chi connectivity index (χ1v) is 7.55. The van der Waals surface area contributed by atoms with Crippen LogP contribution in [0.2, 0.25) is 5.02 Å². The molecule has 0 aliphatic rings. The van der Waals surface area contributed by atoms with Crippen molar-refractivity contribution < 1.29 is 13.9 Å². The van der Waals surface area contributed by atoms with Crippen LogP contribution in [-0.4, -0.2) is 26.1 Å². The quantitative estimate of drug-likeness (QED) is 0.763. The Balaban J connectivity index is 1.70. The van der Waals surface area contributed by atoms with Gasteiger partial charge in [-0.15, -0.1) is 0 Å². The molecule has 2 rings (SSSR count). The van der Waals surface area contributed by atoms with E-state index >= 15 is 0 Å². The SMILES string of the molecule is COc1ccc(CCNCC(=O)Nc2ccc(F)c(Cl)c2)cc1. The minimum absolute atomic E-state index is 0.0183. The van der Waals surface area contributed by atoms with Gasteiger partial charge in [0, 0.05) is 5.69 Å². The zero-order valence-electron chi connectivity index (χ0n) is 12.7. The molecule has 0 unspecified atom stereocenters. The Labute approximate surface area is 139 Å². The van der Waals surface area contributed by atoms with Gasteiger partial charge < -0.3 is 15.4 Å². The Bertz CT molecular complexity index is 662. The van der Waals surface area contributed by atoms with Crippen LogP contribution in [-0.2, 0) is 11.2 Å². The molecule has 2 aromatic carbocycles. The van der Waals surface area contributed by atoms with Gasteiger partial charge >= 0.3 is 0 Å². The van der Waals surface area contributed by atoms with Crippen LogP contribution in [0.1, 0.15) is 5.56 Å². The third kappa shape index (κ3) is 5.54. The van der Waals surface area contributed by atoms with E-state index in [1.165, 1.54) is 18.2 Å². The van der Waals surface area contributed by atoms with Crippen LogP contribution in [0.25, 0.3) is 0 Å². The summed E-state index contributed by atoms with van der Waals surface area (Å²) in [5, 5.41) is 5.69. The maximum atomic E-state index is 13.0. The van der Waals surface area contributed by atoms with Crippen molar-refractivity contribution in [3.05, 3.63) is 58.9 Å². The maximum absolute atomic E-state index is 13.0. The number of halogens is 2. The number of amides is 1. The van der Waals surface area contributed by atoms with Gasteiger partial charge in [0.15, 0.2) is 0 Å². The van der Waals surface area contributed by atoms with Gasteiger partial charge in [0.05, 0.1) is 18.7 Å². The van der Waals surface area contributed by atoms with E-state index in [9.17, 15) is 9.18 Å². The molecule has 0 bridgehead atoms. The molecule has 0 aromatic heterocycles. The summed E-state index contributed by atoms with van der Waals surface area (Å²) in [6.45, 7) is 0.842. The summed E-state index contributed by atoms with van der Waals surface area (Å²) < 4.78 is 18.1. The van der Waals surface area contributed by atoms with Crippen LogP contribution in [0, 0.1) is 5.82 Å². The highest BCUT2D eigenvalue weighted by Gasteiger charge is 2.05. The second kappa shape index (κ2) is 8.50. The Morgan fingerprint density at radius 1 is 1.22 bits per heavy atom. The topological polar surface area (TPSA) is 50.4 Å². The summed E-state index contributed by atoms with van der Waals surface area (Å²) in [7, 11) is 1.63. The van der Waals surface area contributed by atoms with Gasteiger partial charge in [0.1, 0.15) is 11.6 Å². The van der Waals surface area contributed by atoms with Crippen molar-refractivity contribution in [2.45, 2.75) is 6.42 Å². The predicted octanol–water partition coefficient (Wildman–Crippen LogP) is 3.26. The van der Waals surface area contributed by atoms with Gasteiger partial charge in [0.25, 0.3) is 0 Å². The van der Waals surface area contributed by atoms with E-state index in [2.05, 4.69) is 10.6 Å². The number of rotatable bonds is 7. The van der Waals surface area contributed by atoms with Crippen molar-refractivity contribution in [2.75, 3.05) is 25.5 Å². The lowest BCUT2D eigenvalue weighted by molar-refractivity contribution is -0.115. The molecule has 0 radical (unpaired) electrons. The van der Waals surface area contributed by atoms with Gasteiger partial charge in [0.2, 0.25) is 5.91 Å². The van der Waals surface area contributed by atoms with Crippen molar-refractivity contribution >= 4 is 23.2 Å². The van der Waals surface area contributed by atoms with Gasteiger partial charge in [-0.25, -0.2) is 4.39 Å². The fourth-order valence-electron chi connectivity index (χ4n) is 2.01. The summed E-state index contributed by atoms with van der Waals surface area (Å²) in [5.41, 5.74) is 1.63. The van der Waals surface area contributed by atoms with Crippen molar-refractivity contribution in [3.63, 3.8) is 0 Å². The van der Waals surface area contributed by atoms with Gasteiger partial charge in [-0.05, 0) is 48.9 Å². The van der Waals surface area contributed by atoms with Crippen LogP contribution in [0.4, 0.5) is 10.1 Å². The predicted molar refractivity (Wildman–Crippen MR) is 89.6 cm³/mol. The van der Waals surface area contributed by atoms with Crippen molar-refractivity contribution in [1.82, 2.24) is 5.32 Å². The van der Waals surface area contributed by atoms with Crippen LogP contribution >= 0.6 is 11.6 Å². The minimum Gasteiger partial charge on any atom is -0.497 e. The normalized spacial score (nSPS) is 10.4. The fourth-order valence-corrected chi connectivity index (χ4v) is 2.19. The van der Waals surface area contributed by atoms with Gasteiger partial charge in [-0.2, -0.15) is 0 Å². The van der Waals surface area contributed by atoms with Crippen LogP contribution < -0.4 is 15.4 Å². The van der Waals surface area contributed by atoms with E-state index in [0.717, 1.165) is 17.7 Å². The molecule has 0 heterocycles. The number of carbonyl (C=O) groups excluding carboxylic acids is 1. The first-order valence-electron chi connectivity index (χ1n) is 7.17. The average Bonchev–Trinajstić information content (AvgIpc) is 2.55. The lowest BCUT2D eigenvalue weighted by Crippen LogP contribution is -2.29. The minimum atomic E-state index is -0.512. The molecule has 0 fully saturated rings. The molecule has 6 heteroatoms. The summed E-state index contributed by atoms with van der Waals surface area (Å²) in [6.07, 6.45) is 0.805. The highest BCUT2D eigenvalue weighted by atomic mass is 35.5. The smallest absolute Gasteiger partial charge is 0.238 e. The molecule has 0 spiro atoms. The highest BCUT2D eigenvalue weighted by molar-refractivity contribution is 6.31. The van der Waals surface area contributed by atoms with Crippen molar-refractivity contribution in [2.24, 2.45) is 0 Å². The number of hydrogen-bond acceptors (Lipinski definition) is 3. The standard InChI is InChI=1S/C17H18ClFN2O2/c1-23-14-5-2-12(3-6-14)8-9-20-11-17(22)21-13-4-7-16(19)15(18)10-13/h2-7,10,20H,8-9,11H2,1H3,(H,21,22). The second-order valence-electron chi connectivity index (χ2n) is 4.95. The zero-order valence-corrected chi connectivity index (χ0v) is 13.5. The second-order valence-corrected chi connectivity index (χ2v) is 5.36. The van der Waals surface area contributed by atoms with Crippen LogP contribution in [0.3, 0.4) is 0 Å². The summed E-state index contributed by atoms with van der Waals surface area (Å²) in [4.78, 5) is 11.8. The first kappa shape index (κ1) is 17.2. The summed E-state index contributed by atoms with van der Waals surface area (Å²) in [5.74, 6) is 0.101. The molecular formula is C17H18ClFN2O2. The molecule has 122 valence electrons. The molecule has 0 saturated carbocycles. The molecule has 2 N–H and O–H groups in total. The van der Waals surface area contributed by atoms with E-state index < -0.39 is 5.82 Å². The third-order valence-corrected chi connectivity index (χ3v) is 3.53. The molecule has 1 amide bonds.